The summed E-state index contributed by atoms with van der Waals surface area (Å²) in [7, 11) is 1.65. The van der Waals surface area contributed by atoms with Crippen molar-refractivity contribution in [3.8, 4) is 5.75 Å². The number of carbonyl (C=O) groups excluding carboxylic acids is 1. The van der Waals surface area contributed by atoms with E-state index in [1.807, 2.05) is 49.4 Å². The molecule has 0 fully saturated rings. The lowest BCUT2D eigenvalue weighted by molar-refractivity contribution is -0.107. The van der Waals surface area contributed by atoms with Crippen LogP contribution in [0.25, 0.3) is 6.08 Å². The first-order valence-corrected chi connectivity index (χ1v) is 9.30. The van der Waals surface area contributed by atoms with Gasteiger partial charge in [0, 0.05) is 5.75 Å². The minimum Gasteiger partial charge on any atom is -0.496 e. The van der Waals surface area contributed by atoms with E-state index < -0.39 is 0 Å². The molecule has 24 heavy (non-hydrogen) atoms. The highest BCUT2D eigenvalue weighted by Gasteiger charge is 2.22. The molecule has 0 bridgehead atoms. The Bertz CT molecular complexity index is 813. The molecule has 1 aliphatic heterocycles. The number of ether oxygens (including phenoxy) is 1. The van der Waals surface area contributed by atoms with Crippen molar-refractivity contribution in [3.05, 3.63) is 70.9 Å². The van der Waals surface area contributed by atoms with E-state index in [-0.39, 0.29) is 5.12 Å². The van der Waals surface area contributed by atoms with Gasteiger partial charge in [-0.1, -0.05) is 48.2 Å². The number of rotatable bonds is 4. The summed E-state index contributed by atoms with van der Waals surface area (Å²) >= 11 is 2.80. The minimum absolute atomic E-state index is 0.000896. The summed E-state index contributed by atoms with van der Waals surface area (Å²) in [5.41, 5.74) is 3.71. The van der Waals surface area contributed by atoms with Gasteiger partial charge in [-0.05, 0) is 53.6 Å². The monoisotopic (exact) mass is 355 g/mol. The van der Waals surface area contributed by atoms with Crippen LogP contribution in [0.15, 0.2) is 59.2 Å². The molecule has 122 valence electrons. The van der Waals surface area contributed by atoms with Crippen LogP contribution in [0.4, 0.5) is 0 Å². The molecule has 0 atom stereocenters. The second-order valence-corrected chi connectivity index (χ2v) is 7.48. The molecule has 0 aromatic heterocycles. The summed E-state index contributed by atoms with van der Waals surface area (Å²) in [5.74, 6) is 1.65. The SMILES string of the molecule is COc1ccc(C=C2N=C(SCc3ccccc3)SC2=O)cc1C. The standard InChI is InChI=1S/C19H17NO2S2/c1-13-10-15(8-9-17(13)22-2)11-16-18(21)24-19(20-16)23-12-14-6-4-3-5-7-14/h3-11H,12H2,1-2H3. The summed E-state index contributed by atoms with van der Waals surface area (Å²) < 4.78 is 6.07. The molecule has 3 rings (SSSR count). The average molecular weight is 355 g/mol. The van der Waals surface area contributed by atoms with Crippen molar-refractivity contribution in [2.24, 2.45) is 4.99 Å². The van der Waals surface area contributed by atoms with Crippen LogP contribution in [0.1, 0.15) is 16.7 Å². The van der Waals surface area contributed by atoms with Crippen molar-refractivity contribution < 1.29 is 9.53 Å². The van der Waals surface area contributed by atoms with Crippen LogP contribution in [0.3, 0.4) is 0 Å². The third kappa shape index (κ3) is 4.10. The Morgan fingerprint density at radius 1 is 1.21 bits per heavy atom. The van der Waals surface area contributed by atoms with Crippen LogP contribution >= 0.6 is 23.5 Å². The maximum absolute atomic E-state index is 12.2. The third-order valence-electron chi connectivity index (χ3n) is 3.53. The van der Waals surface area contributed by atoms with Gasteiger partial charge in [0.25, 0.3) is 0 Å². The molecule has 0 saturated carbocycles. The Morgan fingerprint density at radius 2 is 2.00 bits per heavy atom. The molecule has 0 N–H and O–H groups in total. The average Bonchev–Trinajstić information content (AvgIpc) is 2.94. The molecule has 0 spiro atoms. The summed E-state index contributed by atoms with van der Waals surface area (Å²) in [6.45, 7) is 1.98. The van der Waals surface area contributed by atoms with E-state index in [9.17, 15) is 4.79 Å². The normalized spacial score (nSPS) is 15.7. The van der Waals surface area contributed by atoms with Gasteiger partial charge in [0.05, 0.1) is 7.11 Å². The molecule has 1 aliphatic rings. The Hall–Kier alpha value is -1.98. The Morgan fingerprint density at radius 3 is 2.71 bits per heavy atom. The molecular formula is C19H17NO2S2. The smallest absolute Gasteiger partial charge is 0.244 e. The lowest BCUT2D eigenvalue weighted by Gasteiger charge is -2.04. The van der Waals surface area contributed by atoms with E-state index in [1.54, 1.807) is 18.9 Å². The number of benzene rings is 2. The van der Waals surface area contributed by atoms with E-state index in [2.05, 4.69) is 17.1 Å². The van der Waals surface area contributed by atoms with Crippen LogP contribution < -0.4 is 4.74 Å². The molecule has 0 amide bonds. The van der Waals surface area contributed by atoms with E-state index in [4.69, 9.17) is 4.74 Å². The zero-order chi connectivity index (χ0) is 16.9. The Balaban J connectivity index is 1.72. The van der Waals surface area contributed by atoms with E-state index >= 15 is 0 Å². The van der Waals surface area contributed by atoms with Crippen LogP contribution in [0.5, 0.6) is 5.75 Å². The van der Waals surface area contributed by atoms with Crippen LogP contribution in [0, 0.1) is 6.92 Å². The zero-order valence-electron chi connectivity index (χ0n) is 13.5. The molecule has 5 heteroatoms. The fourth-order valence-corrected chi connectivity index (χ4v) is 4.12. The molecular weight excluding hydrogens is 338 g/mol. The highest BCUT2D eigenvalue weighted by molar-refractivity contribution is 8.45. The molecule has 0 aliphatic carbocycles. The van der Waals surface area contributed by atoms with Gasteiger partial charge in [0.1, 0.15) is 15.8 Å². The predicted octanol–water partition coefficient (Wildman–Crippen LogP) is 4.91. The number of methoxy groups -OCH3 is 1. The number of aliphatic imine (C=N–C) groups is 1. The number of hydrogen-bond donors (Lipinski definition) is 0. The lowest BCUT2D eigenvalue weighted by atomic mass is 10.1. The van der Waals surface area contributed by atoms with Crippen molar-refractivity contribution >= 4 is 39.1 Å². The van der Waals surface area contributed by atoms with E-state index in [1.165, 1.54) is 17.3 Å². The fraction of sp³-hybridized carbons (Fsp3) is 0.158. The van der Waals surface area contributed by atoms with Crippen molar-refractivity contribution in [2.75, 3.05) is 7.11 Å². The summed E-state index contributed by atoms with van der Waals surface area (Å²) in [5, 5.41) is -0.000896. The van der Waals surface area contributed by atoms with Gasteiger partial charge in [0.2, 0.25) is 5.12 Å². The van der Waals surface area contributed by atoms with Gasteiger partial charge in [-0.3, -0.25) is 4.79 Å². The summed E-state index contributed by atoms with van der Waals surface area (Å²) in [6.07, 6.45) is 1.83. The summed E-state index contributed by atoms with van der Waals surface area (Å²) in [4.78, 5) is 16.6. The summed E-state index contributed by atoms with van der Waals surface area (Å²) in [6, 6.07) is 16.0. The number of aryl methyl sites for hydroxylation is 1. The first kappa shape index (κ1) is 16.9. The van der Waals surface area contributed by atoms with Gasteiger partial charge in [-0.15, -0.1) is 0 Å². The Kier molecular flexibility index (Phi) is 5.43. The van der Waals surface area contributed by atoms with E-state index in [0.29, 0.717) is 5.70 Å². The molecule has 1 heterocycles. The van der Waals surface area contributed by atoms with Gasteiger partial charge in [-0.25, -0.2) is 4.99 Å². The number of thioether (sulfide) groups is 2. The quantitative estimate of drug-likeness (QED) is 0.731. The van der Waals surface area contributed by atoms with Crippen LogP contribution in [-0.2, 0) is 10.5 Å². The highest BCUT2D eigenvalue weighted by atomic mass is 32.2. The lowest BCUT2D eigenvalue weighted by Crippen LogP contribution is -1.90. The van der Waals surface area contributed by atoms with Crippen molar-refractivity contribution in [1.29, 1.82) is 0 Å². The second kappa shape index (κ2) is 7.73. The fourth-order valence-electron chi connectivity index (χ4n) is 2.32. The largest absolute Gasteiger partial charge is 0.496 e. The first-order chi connectivity index (χ1) is 11.7. The molecule has 3 nitrogen and oxygen atoms in total. The predicted molar refractivity (Wildman–Crippen MR) is 103 cm³/mol. The van der Waals surface area contributed by atoms with Gasteiger partial charge in [-0.2, -0.15) is 0 Å². The van der Waals surface area contributed by atoms with Gasteiger partial charge in [0.15, 0.2) is 0 Å². The second-order valence-electron chi connectivity index (χ2n) is 5.30. The molecule has 2 aromatic rings. The van der Waals surface area contributed by atoms with Crippen molar-refractivity contribution in [3.63, 3.8) is 0 Å². The molecule has 0 unspecified atom stereocenters. The van der Waals surface area contributed by atoms with Gasteiger partial charge < -0.3 is 4.74 Å². The van der Waals surface area contributed by atoms with Crippen LogP contribution in [0.2, 0.25) is 0 Å². The third-order valence-corrected chi connectivity index (χ3v) is 5.61. The topological polar surface area (TPSA) is 38.7 Å². The van der Waals surface area contributed by atoms with Crippen LogP contribution in [-0.4, -0.2) is 16.6 Å². The van der Waals surface area contributed by atoms with Crippen molar-refractivity contribution in [1.82, 2.24) is 0 Å². The number of carbonyl (C=O) groups is 1. The highest BCUT2D eigenvalue weighted by Crippen LogP contribution is 2.33. The zero-order valence-corrected chi connectivity index (χ0v) is 15.1. The maximum atomic E-state index is 12.2. The number of hydrogen-bond acceptors (Lipinski definition) is 5. The maximum Gasteiger partial charge on any atom is 0.244 e. The molecule has 2 aromatic carbocycles. The molecule has 0 radical (unpaired) electrons. The molecule has 0 saturated heterocycles. The first-order valence-electron chi connectivity index (χ1n) is 7.49. The minimum atomic E-state index is -0.000896. The van der Waals surface area contributed by atoms with Gasteiger partial charge >= 0.3 is 0 Å². The Labute approximate surface area is 150 Å². The van der Waals surface area contributed by atoms with Crippen molar-refractivity contribution in [2.45, 2.75) is 12.7 Å². The van der Waals surface area contributed by atoms with E-state index in [0.717, 1.165) is 27.0 Å². The number of nitrogens with zero attached hydrogens (tertiary/aromatic N) is 1.